The molecule has 0 saturated carbocycles. The lowest BCUT2D eigenvalue weighted by atomic mass is 10.1. The Morgan fingerprint density at radius 1 is 1.09 bits per heavy atom. The van der Waals surface area contributed by atoms with Gasteiger partial charge in [-0.05, 0) is 70.1 Å². The molecular weight excluding hydrogens is 406 g/mol. The quantitative estimate of drug-likeness (QED) is 0.436. The normalized spacial score (nSPS) is 20.3. The lowest BCUT2D eigenvalue weighted by molar-refractivity contribution is -0.0721. The standard InChI is InChI=1S/C25H41N3O4/c1-4-29-23-10-9-20(18-24(23)30-5-2)11-14-27-25(26-3)28-15-12-21(13-16-28)32-19-22-8-6-7-17-31-22/h9-10,18,21-22H,4-8,11-17,19H2,1-3H3,(H,26,27). The third kappa shape index (κ3) is 7.55. The second-order valence-corrected chi connectivity index (χ2v) is 8.38. The molecule has 7 heteroatoms. The Hall–Kier alpha value is -1.99. The van der Waals surface area contributed by atoms with Gasteiger partial charge in [-0.15, -0.1) is 0 Å². The molecule has 2 aliphatic rings. The highest BCUT2D eigenvalue weighted by Gasteiger charge is 2.23. The number of ether oxygens (including phenoxy) is 4. The lowest BCUT2D eigenvalue weighted by Gasteiger charge is -2.35. The average molecular weight is 448 g/mol. The smallest absolute Gasteiger partial charge is 0.193 e. The third-order valence-corrected chi connectivity index (χ3v) is 6.05. The average Bonchev–Trinajstić information content (AvgIpc) is 2.83. The lowest BCUT2D eigenvalue weighted by Crippen LogP contribution is -2.47. The first-order chi connectivity index (χ1) is 15.7. The van der Waals surface area contributed by atoms with Crippen LogP contribution in [0.4, 0.5) is 0 Å². The van der Waals surface area contributed by atoms with Gasteiger partial charge in [0.15, 0.2) is 17.5 Å². The minimum atomic E-state index is 0.294. The van der Waals surface area contributed by atoms with Gasteiger partial charge >= 0.3 is 0 Å². The van der Waals surface area contributed by atoms with Crippen molar-refractivity contribution in [2.24, 2.45) is 4.99 Å². The molecule has 1 aromatic carbocycles. The first-order valence-corrected chi connectivity index (χ1v) is 12.3. The zero-order valence-electron chi connectivity index (χ0n) is 20.1. The minimum Gasteiger partial charge on any atom is -0.490 e. The van der Waals surface area contributed by atoms with Crippen LogP contribution in [0.25, 0.3) is 0 Å². The molecule has 0 spiro atoms. The number of likely N-dealkylation sites (tertiary alicyclic amines) is 1. The van der Waals surface area contributed by atoms with Crippen molar-refractivity contribution in [2.75, 3.05) is 53.1 Å². The summed E-state index contributed by atoms with van der Waals surface area (Å²) in [6, 6.07) is 6.19. The Labute approximate surface area is 193 Å². The molecule has 2 aliphatic heterocycles. The first-order valence-electron chi connectivity index (χ1n) is 12.3. The van der Waals surface area contributed by atoms with Crippen LogP contribution in [0, 0.1) is 0 Å². The number of hydrogen-bond acceptors (Lipinski definition) is 5. The van der Waals surface area contributed by atoms with E-state index in [9.17, 15) is 0 Å². The molecule has 2 heterocycles. The minimum absolute atomic E-state index is 0.294. The summed E-state index contributed by atoms with van der Waals surface area (Å²) in [7, 11) is 1.86. The van der Waals surface area contributed by atoms with Gasteiger partial charge in [0.2, 0.25) is 0 Å². The predicted octanol–water partition coefficient (Wildman–Crippen LogP) is 3.65. The zero-order valence-corrected chi connectivity index (χ0v) is 20.1. The van der Waals surface area contributed by atoms with Crippen molar-refractivity contribution in [3.05, 3.63) is 23.8 Å². The summed E-state index contributed by atoms with van der Waals surface area (Å²) in [5, 5.41) is 3.52. The predicted molar refractivity (Wildman–Crippen MR) is 128 cm³/mol. The fourth-order valence-corrected chi connectivity index (χ4v) is 4.32. The second kappa shape index (κ2) is 13.5. The largest absolute Gasteiger partial charge is 0.490 e. The van der Waals surface area contributed by atoms with Crippen LogP contribution in [0.5, 0.6) is 11.5 Å². The molecule has 7 nitrogen and oxygen atoms in total. The van der Waals surface area contributed by atoms with Gasteiger partial charge < -0.3 is 29.2 Å². The molecule has 32 heavy (non-hydrogen) atoms. The number of aliphatic imine (C=N–C) groups is 1. The van der Waals surface area contributed by atoms with E-state index in [1.54, 1.807) is 0 Å². The van der Waals surface area contributed by atoms with Crippen molar-refractivity contribution in [3.63, 3.8) is 0 Å². The number of benzene rings is 1. The zero-order chi connectivity index (χ0) is 22.6. The van der Waals surface area contributed by atoms with Gasteiger partial charge in [-0.1, -0.05) is 6.07 Å². The van der Waals surface area contributed by atoms with Crippen molar-refractivity contribution < 1.29 is 18.9 Å². The van der Waals surface area contributed by atoms with Gasteiger partial charge in [0.25, 0.3) is 0 Å². The topological polar surface area (TPSA) is 64.6 Å². The van der Waals surface area contributed by atoms with Crippen LogP contribution in [-0.4, -0.2) is 76.2 Å². The molecule has 0 aromatic heterocycles. The molecule has 3 rings (SSSR count). The van der Waals surface area contributed by atoms with E-state index < -0.39 is 0 Å². The highest BCUT2D eigenvalue weighted by molar-refractivity contribution is 5.80. The molecule has 2 fully saturated rings. The fourth-order valence-electron chi connectivity index (χ4n) is 4.32. The Morgan fingerprint density at radius 2 is 1.88 bits per heavy atom. The summed E-state index contributed by atoms with van der Waals surface area (Å²) in [6.07, 6.45) is 7.17. The van der Waals surface area contributed by atoms with E-state index in [0.29, 0.717) is 25.4 Å². The van der Waals surface area contributed by atoms with E-state index in [1.165, 1.54) is 18.4 Å². The van der Waals surface area contributed by atoms with E-state index in [4.69, 9.17) is 18.9 Å². The van der Waals surface area contributed by atoms with Gasteiger partial charge in [-0.3, -0.25) is 4.99 Å². The molecule has 1 atom stereocenters. The molecule has 2 saturated heterocycles. The van der Waals surface area contributed by atoms with Gasteiger partial charge in [-0.2, -0.15) is 0 Å². The molecule has 0 radical (unpaired) electrons. The summed E-state index contributed by atoms with van der Waals surface area (Å²) in [5.74, 6) is 2.59. The Balaban J connectivity index is 1.40. The van der Waals surface area contributed by atoms with Crippen LogP contribution < -0.4 is 14.8 Å². The third-order valence-electron chi connectivity index (χ3n) is 6.05. The number of guanidine groups is 1. The first kappa shape index (κ1) is 24.6. The summed E-state index contributed by atoms with van der Waals surface area (Å²) >= 11 is 0. The molecular formula is C25H41N3O4. The molecule has 180 valence electrons. The maximum Gasteiger partial charge on any atom is 0.193 e. The highest BCUT2D eigenvalue weighted by atomic mass is 16.5. The highest BCUT2D eigenvalue weighted by Crippen LogP contribution is 2.28. The number of rotatable bonds is 10. The molecule has 1 N–H and O–H groups in total. The summed E-state index contributed by atoms with van der Waals surface area (Å²) < 4.78 is 23.3. The molecule has 0 aliphatic carbocycles. The summed E-state index contributed by atoms with van der Waals surface area (Å²) in [6.45, 7) is 9.62. The summed E-state index contributed by atoms with van der Waals surface area (Å²) in [5.41, 5.74) is 1.22. The van der Waals surface area contributed by atoms with Crippen molar-refractivity contribution >= 4 is 5.96 Å². The number of hydrogen-bond donors (Lipinski definition) is 1. The fraction of sp³-hybridized carbons (Fsp3) is 0.720. The molecule has 1 unspecified atom stereocenters. The Kier molecular flexibility index (Phi) is 10.4. The van der Waals surface area contributed by atoms with Crippen LogP contribution in [0.1, 0.15) is 51.5 Å². The van der Waals surface area contributed by atoms with E-state index in [-0.39, 0.29) is 0 Å². The van der Waals surface area contributed by atoms with Gasteiger partial charge in [0, 0.05) is 33.3 Å². The number of nitrogens with one attached hydrogen (secondary N) is 1. The number of piperidine rings is 1. The van der Waals surface area contributed by atoms with Gasteiger partial charge in [0.1, 0.15) is 0 Å². The van der Waals surface area contributed by atoms with Crippen molar-refractivity contribution in [3.8, 4) is 11.5 Å². The van der Waals surface area contributed by atoms with Crippen molar-refractivity contribution in [1.82, 2.24) is 10.2 Å². The summed E-state index contributed by atoms with van der Waals surface area (Å²) in [4.78, 5) is 6.83. The monoisotopic (exact) mass is 447 g/mol. The maximum absolute atomic E-state index is 6.15. The van der Waals surface area contributed by atoms with Crippen LogP contribution in [0.15, 0.2) is 23.2 Å². The van der Waals surface area contributed by atoms with E-state index in [1.807, 2.05) is 27.0 Å². The molecule has 0 amide bonds. The molecule has 1 aromatic rings. The van der Waals surface area contributed by atoms with Crippen LogP contribution >= 0.6 is 0 Å². The van der Waals surface area contributed by atoms with E-state index in [0.717, 1.165) is 76.0 Å². The second-order valence-electron chi connectivity index (χ2n) is 8.38. The van der Waals surface area contributed by atoms with Crippen LogP contribution in [0.3, 0.4) is 0 Å². The van der Waals surface area contributed by atoms with Crippen molar-refractivity contribution in [2.45, 2.75) is 64.6 Å². The molecule has 0 bridgehead atoms. The van der Waals surface area contributed by atoms with Crippen LogP contribution in [-0.2, 0) is 15.9 Å². The van der Waals surface area contributed by atoms with E-state index >= 15 is 0 Å². The SMILES string of the molecule is CCOc1ccc(CCNC(=NC)N2CCC(OCC3CCCCO3)CC2)cc1OCC. The number of nitrogens with zero attached hydrogens (tertiary/aromatic N) is 2. The Morgan fingerprint density at radius 3 is 2.56 bits per heavy atom. The van der Waals surface area contributed by atoms with Crippen molar-refractivity contribution in [1.29, 1.82) is 0 Å². The van der Waals surface area contributed by atoms with Gasteiger partial charge in [-0.25, -0.2) is 0 Å². The van der Waals surface area contributed by atoms with E-state index in [2.05, 4.69) is 27.3 Å². The Bertz CT molecular complexity index is 698. The van der Waals surface area contributed by atoms with Gasteiger partial charge in [0.05, 0.1) is 32.0 Å². The maximum atomic E-state index is 6.15. The van der Waals surface area contributed by atoms with Crippen LogP contribution in [0.2, 0.25) is 0 Å².